The van der Waals surface area contributed by atoms with Crippen LogP contribution < -0.4 is 5.73 Å². The van der Waals surface area contributed by atoms with Crippen molar-refractivity contribution in [3.05, 3.63) is 29.1 Å². The maximum Gasteiger partial charge on any atom is 0.356 e. The first-order valence-corrected chi connectivity index (χ1v) is 10.7. The smallest absolute Gasteiger partial charge is 0.356 e. The predicted molar refractivity (Wildman–Crippen MR) is 113 cm³/mol. The Morgan fingerprint density at radius 2 is 1.83 bits per heavy atom. The molecule has 2 aliphatic rings. The number of rotatable bonds is 5. The normalized spacial score (nSPS) is 18.3. The van der Waals surface area contributed by atoms with Crippen molar-refractivity contribution in [2.75, 3.05) is 12.8 Å². The fourth-order valence-electron chi connectivity index (χ4n) is 4.28. The third kappa shape index (κ3) is 7.08. The van der Waals surface area contributed by atoms with Gasteiger partial charge in [0.2, 0.25) is 0 Å². The van der Waals surface area contributed by atoms with Gasteiger partial charge in [-0.25, -0.2) is 4.79 Å². The molecule has 6 nitrogen and oxygen atoms in total. The summed E-state index contributed by atoms with van der Waals surface area (Å²) in [6, 6.07) is 1.89. The topological polar surface area (TPSA) is 109 Å². The third-order valence-electron chi connectivity index (χ3n) is 5.95. The minimum atomic E-state index is -0.391. The zero-order valence-electron chi connectivity index (χ0n) is 17.4. The molecule has 0 bridgehead atoms. The average molecular weight is 400 g/mol. The average Bonchev–Trinajstić information content (AvgIpc) is 3.13. The SMILES string of the molecule is COC(=O)c1[nH]cc(CC2CCCCC2)c1N.N#C/C(C=O)=C\C1CCCCC1. The molecule has 2 aliphatic carbocycles. The zero-order chi connectivity index (χ0) is 21.1. The number of hydrogen-bond acceptors (Lipinski definition) is 5. The summed E-state index contributed by atoms with van der Waals surface area (Å²) in [4.78, 5) is 24.6. The van der Waals surface area contributed by atoms with Crippen molar-refractivity contribution in [2.24, 2.45) is 11.8 Å². The van der Waals surface area contributed by atoms with Gasteiger partial charge in [0, 0.05) is 6.20 Å². The lowest BCUT2D eigenvalue weighted by atomic mass is 9.85. The van der Waals surface area contributed by atoms with Gasteiger partial charge in [0.1, 0.15) is 11.8 Å². The molecule has 0 spiro atoms. The number of methoxy groups -OCH3 is 1. The molecule has 0 aromatic carbocycles. The molecule has 0 amide bonds. The number of nitrogens with two attached hydrogens (primary N) is 1. The first kappa shape index (κ1) is 22.7. The Kier molecular flexibility index (Phi) is 9.49. The van der Waals surface area contributed by atoms with Gasteiger partial charge in [0.15, 0.2) is 6.29 Å². The van der Waals surface area contributed by atoms with Gasteiger partial charge < -0.3 is 15.5 Å². The van der Waals surface area contributed by atoms with Gasteiger partial charge in [0.25, 0.3) is 0 Å². The number of aldehydes is 1. The molecule has 1 heterocycles. The Morgan fingerprint density at radius 3 is 2.38 bits per heavy atom. The lowest BCUT2D eigenvalue weighted by molar-refractivity contribution is -0.104. The Balaban J connectivity index is 0.000000221. The number of esters is 1. The summed E-state index contributed by atoms with van der Waals surface area (Å²) in [6.07, 6.45) is 17.9. The van der Waals surface area contributed by atoms with Crippen LogP contribution in [-0.4, -0.2) is 24.3 Å². The largest absolute Gasteiger partial charge is 0.464 e. The van der Waals surface area contributed by atoms with E-state index in [0.29, 0.717) is 35.1 Å². The monoisotopic (exact) mass is 399 g/mol. The van der Waals surface area contributed by atoms with E-state index in [2.05, 4.69) is 9.72 Å². The van der Waals surface area contributed by atoms with Gasteiger partial charge in [-0.2, -0.15) is 5.26 Å². The molecular formula is C23H33N3O3. The predicted octanol–water partition coefficient (Wildman–Crippen LogP) is 4.72. The molecule has 158 valence electrons. The number of anilines is 1. The van der Waals surface area contributed by atoms with E-state index in [9.17, 15) is 9.59 Å². The number of carbonyl (C=O) groups excluding carboxylic acids is 2. The molecule has 0 radical (unpaired) electrons. The maximum absolute atomic E-state index is 11.4. The Labute approximate surface area is 173 Å². The molecule has 0 aliphatic heterocycles. The highest BCUT2D eigenvalue weighted by atomic mass is 16.5. The van der Waals surface area contributed by atoms with Crippen molar-refractivity contribution >= 4 is 17.9 Å². The fourth-order valence-corrected chi connectivity index (χ4v) is 4.28. The number of hydrogen-bond donors (Lipinski definition) is 2. The quantitative estimate of drug-likeness (QED) is 0.322. The van der Waals surface area contributed by atoms with Crippen molar-refractivity contribution in [2.45, 2.75) is 70.6 Å². The minimum absolute atomic E-state index is 0.293. The van der Waals surface area contributed by atoms with E-state index in [1.165, 1.54) is 58.5 Å². The van der Waals surface area contributed by atoms with Crippen molar-refractivity contribution in [3.63, 3.8) is 0 Å². The van der Waals surface area contributed by atoms with Crippen LogP contribution in [0.1, 0.15) is 80.3 Å². The summed E-state index contributed by atoms with van der Waals surface area (Å²) >= 11 is 0. The summed E-state index contributed by atoms with van der Waals surface area (Å²) in [7, 11) is 1.36. The number of nitrogens with zero attached hydrogens (tertiary/aromatic N) is 1. The van der Waals surface area contributed by atoms with E-state index in [0.717, 1.165) is 24.8 Å². The number of aromatic nitrogens is 1. The molecule has 0 atom stereocenters. The second kappa shape index (κ2) is 12.1. The molecule has 1 aromatic heterocycles. The number of carbonyl (C=O) groups is 2. The zero-order valence-corrected chi connectivity index (χ0v) is 17.4. The number of nitrogen functional groups attached to an aromatic ring is 1. The number of nitrogens with one attached hydrogen (secondary N) is 1. The second-order valence-corrected chi connectivity index (χ2v) is 8.05. The molecule has 3 rings (SSSR count). The number of aromatic amines is 1. The lowest BCUT2D eigenvalue weighted by Crippen LogP contribution is -2.10. The van der Waals surface area contributed by atoms with Crippen LogP contribution in [0, 0.1) is 23.2 Å². The van der Waals surface area contributed by atoms with Crippen LogP contribution in [0.5, 0.6) is 0 Å². The summed E-state index contributed by atoms with van der Waals surface area (Å²) in [5.41, 5.74) is 8.26. The minimum Gasteiger partial charge on any atom is -0.464 e. The van der Waals surface area contributed by atoms with Crippen LogP contribution in [0.2, 0.25) is 0 Å². The van der Waals surface area contributed by atoms with Crippen molar-refractivity contribution < 1.29 is 14.3 Å². The maximum atomic E-state index is 11.4. The van der Waals surface area contributed by atoms with Gasteiger partial charge in [-0.15, -0.1) is 0 Å². The standard InChI is InChI=1S/C13H20N2O2.C10H13NO/c1-17-13(16)12-11(14)10(8-15-12)7-9-5-3-2-4-6-9;11-7-10(8-12)6-9-4-2-1-3-5-9/h8-9,15H,2-7,14H2,1H3;6,8-9H,1-5H2/b;10-6+. The van der Waals surface area contributed by atoms with E-state index in [1.54, 1.807) is 0 Å². The highest BCUT2D eigenvalue weighted by molar-refractivity contribution is 5.93. The molecule has 0 unspecified atom stereocenters. The Bertz CT molecular complexity index is 733. The highest BCUT2D eigenvalue weighted by Gasteiger charge is 2.20. The van der Waals surface area contributed by atoms with Crippen LogP contribution in [-0.2, 0) is 16.0 Å². The molecule has 29 heavy (non-hydrogen) atoms. The molecule has 2 saturated carbocycles. The van der Waals surface area contributed by atoms with Gasteiger partial charge in [-0.05, 0) is 36.7 Å². The van der Waals surface area contributed by atoms with E-state index < -0.39 is 5.97 Å². The summed E-state index contributed by atoms with van der Waals surface area (Å²) in [5, 5.41) is 8.51. The lowest BCUT2D eigenvalue weighted by Gasteiger charge is -2.21. The van der Waals surface area contributed by atoms with E-state index in [4.69, 9.17) is 11.0 Å². The molecule has 2 fully saturated rings. The highest BCUT2D eigenvalue weighted by Crippen LogP contribution is 2.29. The van der Waals surface area contributed by atoms with Crippen LogP contribution in [0.15, 0.2) is 17.8 Å². The van der Waals surface area contributed by atoms with Crippen molar-refractivity contribution in [1.29, 1.82) is 5.26 Å². The summed E-state index contributed by atoms with van der Waals surface area (Å²) in [5.74, 6) is 0.795. The molecular weight excluding hydrogens is 366 g/mol. The van der Waals surface area contributed by atoms with E-state index >= 15 is 0 Å². The second-order valence-electron chi connectivity index (χ2n) is 8.05. The van der Waals surface area contributed by atoms with Gasteiger partial charge in [-0.1, -0.05) is 57.4 Å². The molecule has 1 aromatic rings. The number of ether oxygens (including phenoxy) is 1. The first-order valence-electron chi connectivity index (χ1n) is 10.7. The summed E-state index contributed by atoms with van der Waals surface area (Å²) in [6.45, 7) is 0. The molecule has 0 saturated heterocycles. The van der Waals surface area contributed by atoms with Crippen LogP contribution >= 0.6 is 0 Å². The van der Waals surface area contributed by atoms with Gasteiger partial charge in [0.05, 0.1) is 18.4 Å². The van der Waals surface area contributed by atoms with Gasteiger partial charge >= 0.3 is 5.97 Å². The number of nitriles is 1. The Hall–Kier alpha value is -2.55. The van der Waals surface area contributed by atoms with Crippen molar-refractivity contribution in [3.8, 4) is 6.07 Å². The van der Waals surface area contributed by atoms with Crippen LogP contribution in [0.4, 0.5) is 5.69 Å². The molecule has 3 N–H and O–H groups in total. The summed E-state index contributed by atoms with van der Waals surface area (Å²) < 4.78 is 4.67. The number of H-pyrrole nitrogens is 1. The third-order valence-corrected chi connectivity index (χ3v) is 5.95. The van der Waals surface area contributed by atoms with E-state index in [-0.39, 0.29) is 0 Å². The van der Waals surface area contributed by atoms with Crippen LogP contribution in [0.3, 0.4) is 0 Å². The van der Waals surface area contributed by atoms with E-state index in [1.807, 2.05) is 18.3 Å². The Morgan fingerprint density at radius 1 is 1.21 bits per heavy atom. The molecule has 6 heteroatoms. The first-order chi connectivity index (χ1) is 14.1. The number of allylic oxidation sites excluding steroid dienone is 2. The van der Waals surface area contributed by atoms with Crippen molar-refractivity contribution in [1.82, 2.24) is 4.98 Å². The van der Waals surface area contributed by atoms with Crippen LogP contribution in [0.25, 0.3) is 0 Å². The fraction of sp³-hybridized carbons (Fsp3) is 0.609. The van der Waals surface area contributed by atoms with Gasteiger partial charge in [-0.3, -0.25) is 4.79 Å².